The quantitative estimate of drug-likeness (QED) is 0.453. The molecule has 1 aromatic carbocycles. The van der Waals surface area contributed by atoms with Crippen molar-refractivity contribution in [1.82, 2.24) is 9.55 Å². The number of aryl methyl sites for hydroxylation is 1. The predicted molar refractivity (Wildman–Crippen MR) is 117 cm³/mol. The summed E-state index contributed by atoms with van der Waals surface area (Å²) in [6, 6.07) is 7.50. The smallest absolute Gasteiger partial charge is 0.337 e. The highest BCUT2D eigenvalue weighted by atomic mass is 16.5. The van der Waals surface area contributed by atoms with Gasteiger partial charge in [0.15, 0.2) is 0 Å². The second-order valence-electron chi connectivity index (χ2n) is 7.19. The molecule has 162 valence electrons. The molecule has 1 aliphatic rings. The Morgan fingerprint density at radius 1 is 1.32 bits per heavy atom. The average molecular weight is 422 g/mol. The maximum absolute atomic E-state index is 12.3. The molecule has 0 aliphatic heterocycles. The number of rotatable bonds is 5. The minimum Gasteiger partial charge on any atom is -0.463 e. The van der Waals surface area contributed by atoms with Gasteiger partial charge in [-0.3, -0.25) is 0 Å². The monoisotopic (exact) mass is 422 g/mol. The van der Waals surface area contributed by atoms with Gasteiger partial charge in [0.1, 0.15) is 12.2 Å². The molecule has 7 nitrogen and oxygen atoms in total. The number of esters is 2. The molecule has 0 spiro atoms. The Kier molecular flexibility index (Phi) is 7.56. The first-order valence-corrected chi connectivity index (χ1v) is 10.1. The third-order valence-corrected chi connectivity index (χ3v) is 4.76. The molecule has 0 saturated heterocycles. The van der Waals surface area contributed by atoms with E-state index in [1.165, 1.54) is 12.2 Å². The highest BCUT2D eigenvalue weighted by molar-refractivity contribution is 5.95. The highest BCUT2D eigenvalue weighted by Gasteiger charge is 2.21. The number of aromatic nitrogens is 2. The number of imidazole rings is 1. The van der Waals surface area contributed by atoms with Crippen LogP contribution in [-0.2, 0) is 32.5 Å². The van der Waals surface area contributed by atoms with Gasteiger partial charge in [-0.25, -0.2) is 14.6 Å². The van der Waals surface area contributed by atoms with E-state index in [4.69, 9.17) is 9.47 Å². The number of aliphatic hydroxyl groups is 1. The zero-order valence-electron chi connectivity index (χ0n) is 17.6. The van der Waals surface area contributed by atoms with Crippen LogP contribution >= 0.6 is 0 Å². The topological polar surface area (TPSA) is 90.7 Å². The molecular formula is C24H26N2O5. The number of nitrogens with zero attached hydrogens (tertiary/aromatic N) is 2. The fourth-order valence-corrected chi connectivity index (χ4v) is 3.27. The molecule has 2 unspecified atom stereocenters. The normalized spacial score (nSPS) is 21.6. The lowest BCUT2D eigenvalue weighted by Crippen LogP contribution is -2.22. The zero-order chi connectivity index (χ0) is 22.2. The van der Waals surface area contributed by atoms with Crippen LogP contribution in [-0.4, -0.2) is 45.4 Å². The number of hydrogen-bond acceptors (Lipinski definition) is 6. The van der Waals surface area contributed by atoms with Gasteiger partial charge < -0.3 is 19.1 Å². The first kappa shape index (κ1) is 22.2. The number of fused-ring (bicyclic) bond motifs is 1. The van der Waals surface area contributed by atoms with Crippen LogP contribution in [0.25, 0.3) is 12.2 Å². The standard InChI is InChI=1S/C24H26N2O5/c1-3-30-24(29)21-14-18-8-5-4-7-17(18)13-20(9-6-10-22(21)27)31-23(28)12-11-19-15-26(2)16-25-19/h4-8,10-12,14-16,20,22,27H,3,9,13H2,1-2H3/b10-6-,12-11+,21-14-. The Balaban J connectivity index is 1.81. The van der Waals surface area contributed by atoms with Gasteiger partial charge in [0.2, 0.25) is 0 Å². The van der Waals surface area contributed by atoms with E-state index in [2.05, 4.69) is 4.98 Å². The van der Waals surface area contributed by atoms with E-state index in [1.807, 2.05) is 31.3 Å². The minimum atomic E-state index is -1.12. The fourth-order valence-electron chi connectivity index (χ4n) is 3.27. The van der Waals surface area contributed by atoms with E-state index in [0.717, 1.165) is 11.1 Å². The Morgan fingerprint density at radius 2 is 2.13 bits per heavy atom. The van der Waals surface area contributed by atoms with Crippen molar-refractivity contribution in [3.05, 3.63) is 77.4 Å². The SMILES string of the molecule is CCOC(=O)/C1=C\c2ccccc2CC(OC(=O)/C=C/c2cn(C)cn2)C/C=C\C1O. The van der Waals surface area contributed by atoms with Gasteiger partial charge in [-0.15, -0.1) is 0 Å². The molecule has 31 heavy (non-hydrogen) atoms. The zero-order valence-corrected chi connectivity index (χ0v) is 17.6. The summed E-state index contributed by atoms with van der Waals surface area (Å²) >= 11 is 0. The Hall–Kier alpha value is -3.45. The number of ether oxygens (including phenoxy) is 2. The Labute approximate surface area is 181 Å². The maximum Gasteiger partial charge on any atom is 0.337 e. The molecule has 7 heteroatoms. The molecule has 0 bridgehead atoms. The third kappa shape index (κ3) is 6.26. The fraction of sp³-hybridized carbons (Fsp3) is 0.292. The molecule has 0 radical (unpaired) electrons. The van der Waals surface area contributed by atoms with Gasteiger partial charge >= 0.3 is 11.9 Å². The van der Waals surface area contributed by atoms with Gasteiger partial charge in [-0.2, -0.15) is 0 Å². The number of aliphatic hydroxyl groups excluding tert-OH is 1. The molecule has 2 atom stereocenters. The van der Waals surface area contributed by atoms with E-state index in [0.29, 0.717) is 18.5 Å². The van der Waals surface area contributed by atoms with Crippen molar-refractivity contribution in [2.75, 3.05) is 6.61 Å². The molecular weight excluding hydrogens is 396 g/mol. The first-order valence-electron chi connectivity index (χ1n) is 10.1. The summed E-state index contributed by atoms with van der Waals surface area (Å²) in [6.45, 7) is 1.94. The van der Waals surface area contributed by atoms with Crippen molar-refractivity contribution in [3.63, 3.8) is 0 Å². The molecule has 1 aromatic heterocycles. The van der Waals surface area contributed by atoms with Crippen LogP contribution in [0, 0.1) is 0 Å². The van der Waals surface area contributed by atoms with Gasteiger partial charge in [-0.05, 0) is 30.2 Å². The van der Waals surface area contributed by atoms with Crippen molar-refractivity contribution < 1.29 is 24.2 Å². The third-order valence-electron chi connectivity index (χ3n) is 4.76. The van der Waals surface area contributed by atoms with E-state index < -0.39 is 24.1 Å². The van der Waals surface area contributed by atoms with Gasteiger partial charge in [-0.1, -0.05) is 36.4 Å². The molecule has 2 aromatic rings. The summed E-state index contributed by atoms with van der Waals surface area (Å²) in [7, 11) is 1.85. The first-order chi connectivity index (χ1) is 15.0. The maximum atomic E-state index is 12.3. The van der Waals surface area contributed by atoms with E-state index in [1.54, 1.807) is 42.2 Å². The van der Waals surface area contributed by atoms with Gasteiger partial charge in [0.25, 0.3) is 0 Å². The minimum absolute atomic E-state index is 0.166. The Bertz CT molecular complexity index is 1020. The van der Waals surface area contributed by atoms with E-state index in [9.17, 15) is 14.7 Å². The largest absolute Gasteiger partial charge is 0.463 e. The van der Waals surface area contributed by atoms with Gasteiger partial charge in [0.05, 0.1) is 24.2 Å². The summed E-state index contributed by atoms with van der Waals surface area (Å²) < 4.78 is 12.5. The van der Waals surface area contributed by atoms with Crippen LogP contribution in [0.15, 0.2) is 60.6 Å². The van der Waals surface area contributed by atoms with Crippen molar-refractivity contribution >= 4 is 24.1 Å². The molecule has 0 amide bonds. The average Bonchev–Trinajstić information content (AvgIpc) is 3.16. The summed E-state index contributed by atoms with van der Waals surface area (Å²) in [5, 5.41) is 10.5. The second-order valence-corrected chi connectivity index (χ2v) is 7.19. The van der Waals surface area contributed by atoms with Crippen LogP contribution in [0.3, 0.4) is 0 Å². The molecule has 1 N–H and O–H groups in total. The van der Waals surface area contributed by atoms with Crippen LogP contribution in [0.5, 0.6) is 0 Å². The van der Waals surface area contributed by atoms with Crippen LogP contribution < -0.4 is 0 Å². The lowest BCUT2D eigenvalue weighted by molar-refractivity contribution is -0.142. The second kappa shape index (κ2) is 10.5. The molecule has 3 rings (SSSR count). The molecule has 0 saturated carbocycles. The number of hydrogen-bond donors (Lipinski definition) is 1. The lowest BCUT2D eigenvalue weighted by Gasteiger charge is -2.19. The molecule has 1 aliphatic carbocycles. The van der Waals surface area contributed by atoms with Crippen LogP contribution in [0.4, 0.5) is 0 Å². The molecule has 1 heterocycles. The van der Waals surface area contributed by atoms with Gasteiger partial charge in [0, 0.05) is 32.2 Å². The van der Waals surface area contributed by atoms with E-state index >= 15 is 0 Å². The van der Waals surface area contributed by atoms with E-state index in [-0.39, 0.29) is 12.2 Å². The highest BCUT2D eigenvalue weighted by Crippen LogP contribution is 2.22. The predicted octanol–water partition coefficient (Wildman–Crippen LogP) is 2.86. The summed E-state index contributed by atoms with van der Waals surface area (Å²) in [6.07, 6.45) is 10.6. The van der Waals surface area contributed by atoms with Crippen molar-refractivity contribution in [3.8, 4) is 0 Å². The number of benzene rings is 1. The number of carbonyl (C=O) groups excluding carboxylic acids is 2. The van der Waals surface area contributed by atoms with Crippen LogP contribution in [0.2, 0.25) is 0 Å². The van der Waals surface area contributed by atoms with Crippen molar-refractivity contribution in [2.24, 2.45) is 7.05 Å². The lowest BCUT2D eigenvalue weighted by atomic mass is 9.95. The summed E-state index contributed by atoms with van der Waals surface area (Å²) in [5.41, 5.74) is 2.50. The van der Waals surface area contributed by atoms with Crippen molar-refractivity contribution in [2.45, 2.75) is 32.0 Å². The van der Waals surface area contributed by atoms with Crippen LogP contribution in [0.1, 0.15) is 30.2 Å². The summed E-state index contributed by atoms with van der Waals surface area (Å²) in [4.78, 5) is 28.8. The summed E-state index contributed by atoms with van der Waals surface area (Å²) in [5.74, 6) is -1.03. The Morgan fingerprint density at radius 3 is 2.87 bits per heavy atom. The molecule has 0 fully saturated rings. The van der Waals surface area contributed by atoms with Crippen molar-refractivity contribution in [1.29, 1.82) is 0 Å². The number of carbonyl (C=O) groups is 2.